The van der Waals surface area contributed by atoms with Crippen molar-refractivity contribution in [1.29, 1.82) is 0 Å². The van der Waals surface area contributed by atoms with E-state index >= 15 is 0 Å². The van der Waals surface area contributed by atoms with Crippen molar-refractivity contribution in [3.8, 4) is 0 Å². The highest BCUT2D eigenvalue weighted by atomic mass is 19.4. The van der Waals surface area contributed by atoms with Crippen LogP contribution in [-0.2, 0) is 9.53 Å². The molecule has 5 rings (SSSR count). The van der Waals surface area contributed by atoms with Crippen LogP contribution in [0.1, 0.15) is 40.0 Å². The van der Waals surface area contributed by atoms with Gasteiger partial charge in [-0.15, -0.1) is 0 Å². The Bertz CT molecular complexity index is 590. The maximum atomic E-state index is 12.7. The second kappa shape index (κ2) is 6.28. The molecule has 9 heteroatoms. The van der Waals surface area contributed by atoms with E-state index in [2.05, 4.69) is 0 Å². The van der Waals surface area contributed by atoms with Crippen molar-refractivity contribution < 1.29 is 32.6 Å². The highest BCUT2D eigenvalue weighted by molar-refractivity contribution is 5.78. The van der Waals surface area contributed by atoms with Gasteiger partial charge in [0.05, 0.1) is 18.2 Å². The molecule has 0 radical (unpaired) electrons. The van der Waals surface area contributed by atoms with Gasteiger partial charge in [-0.2, -0.15) is 13.2 Å². The highest BCUT2D eigenvalue weighted by Gasteiger charge is 2.56. The average molecular weight is 378 g/mol. The molecule has 4 heterocycles. The summed E-state index contributed by atoms with van der Waals surface area (Å²) in [6.45, 7) is 5.71. The van der Waals surface area contributed by atoms with Crippen molar-refractivity contribution >= 4 is 12.0 Å². The topological polar surface area (TPSA) is 70.1 Å². The number of alkyl halides is 3. The Kier molecular flexibility index (Phi) is 4.65. The van der Waals surface area contributed by atoms with Crippen molar-refractivity contribution in [1.82, 2.24) is 9.80 Å². The number of piperidine rings is 2. The van der Waals surface area contributed by atoms with Crippen LogP contribution in [0, 0.1) is 11.8 Å². The van der Waals surface area contributed by atoms with E-state index in [0.29, 0.717) is 19.4 Å². The molecule has 2 amide bonds. The van der Waals surface area contributed by atoms with Crippen molar-refractivity contribution in [2.24, 2.45) is 11.8 Å². The number of fused-ring (bicyclic) bond motifs is 2. The van der Waals surface area contributed by atoms with Gasteiger partial charge in [-0.3, -0.25) is 4.79 Å². The third kappa shape index (κ3) is 3.77. The van der Waals surface area contributed by atoms with Gasteiger partial charge < -0.3 is 19.6 Å². The zero-order valence-electron chi connectivity index (χ0n) is 15.1. The Labute approximate surface area is 150 Å². The van der Waals surface area contributed by atoms with E-state index in [9.17, 15) is 27.9 Å². The Morgan fingerprint density at radius 1 is 1.12 bits per heavy atom. The lowest BCUT2D eigenvalue weighted by Crippen LogP contribution is -2.67. The third-order valence-electron chi connectivity index (χ3n) is 5.38. The summed E-state index contributed by atoms with van der Waals surface area (Å²) in [6, 6.07) is -1.33. The molecule has 5 atom stereocenters. The Hall–Kier alpha value is -1.51. The molecular weight excluding hydrogens is 353 g/mol. The second-order valence-corrected chi connectivity index (χ2v) is 8.62. The lowest BCUT2D eigenvalue weighted by atomic mass is 9.85. The van der Waals surface area contributed by atoms with Gasteiger partial charge in [0, 0.05) is 19.0 Å². The van der Waals surface area contributed by atoms with Gasteiger partial charge in [-0.25, -0.2) is 4.79 Å². The van der Waals surface area contributed by atoms with Gasteiger partial charge in [0.25, 0.3) is 0 Å². The lowest BCUT2D eigenvalue weighted by Gasteiger charge is -2.51. The van der Waals surface area contributed by atoms with Crippen molar-refractivity contribution in [2.75, 3.05) is 13.1 Å². The summed E-state index contributed by atoms with van der Waals surface area (Å²) in [5.74, 6) is -1.33. The Balaban J connectivity index is 1.85. The minimum atomic E-state index is -4.60. The first-order valence-corrected chi connectivity index (χ1v) is 8.89. The summed E-state index contributed by atoms with van der Waals surface area (Å²) in [5.41, 5.74) is -0.702. The van der Waals surface area contributed by atoms with E-state index < -0.39 is 48.4 Å². The largest absolute Gasteiger partial charge is 0.444 e. The summed E-state index contributed by atoms with van der Waals surface area (Å²) in [7, 11) is 0. The normalized spacial score (nSPS) is 34.0. The van der Waals surface area contributed by atoms with Crippen molar-refractivity contribution in [3.05, 3.63) is 0 Å². The summed E-state index contributed by atoms with van der Waals surface area (Å²) in [4.78, 5) is 27.5. The number of aliphatic hydroxyl groups excluding tert-OH is 1. The highest BCUT2D eigenvalue weighted by Crippen LogP contribution is 2.44. The van der Waals surface area contributed by atoms with Crippen LogP contribution in [0.4, 0.5) is 18.0 Å². The van der Waals surface area contributed by atoms with Crippen LogP contribution in [-0.4, -0.2) is 70.0 Å². The van der Waals surface area contributed by atoms with Crippen LogP contribution in [0.2, 0.25) is 0 Å². The van der Waals surface area contributed by atoms with E-state index in [1.807, 2.05) is 0 Å². The fraction of sp³-hybridized carbons (Fsp3) is 0.882. The average Bonchev–Trinajstić information content (AvgIpc) is 2.74. The van der Waals surface area contributed by atoms with Crippen molar-refractivity contribution in [3.63, 3.8) is 0 Å². The van der Waals surface area contributed by atoms with Crippen LogP contribution in [0.3, 0.4) is 0 Å². The molecule has 2 unspecified atom stereocenters. The molecule has 4 aliphatic heterocycles. The fourth-order valence-electron chi connectivity index (χ4n) is 4.55. The quantitative estimate of drug-likeness (QED) is 0.759. The zero-order valence-corrected chi connectivity index (χ0v) is 15.1. The Morgan fingerprint density at radius 3 is 2.35 bits per heavy atom. The van der Waals surface area contributed by atoms with Crippen LogP contribution < -0.4 is 0 Å². The predicted octanol–water partition coefficient (Wildman–Crippen LogP) is 2.16. The number of carbonyl (C=O) groups excluding carboxylic acids is 2. The zero-order chi connectivity index (χ0) is 19.4. The van der Waals surface area contributed by atoms with E-state index in [-0.39, 0.29) is 18.4 Å². The maximum Gasteiger partial charge on any atom is 0.410 e. The van der Waals surface area contributed by atoms with Gasteiger partial charge in [0.2, 0.25) is 5.91 Å². The molecule has 1 N–H and O–H groups in total. The molecule has 6 nitrogen and oxygen atoms in total. The maximum absolute atomic E-state index is 12.7. The number of aliphatic hydroxyl groups is 1. The number of hydrogen-bond acceptors (Lipinski definition) is 4. The first-order chi connectivity index (χ1) is 11.9. The number of halogens is 3. The monoisotopic (exact) mass is 378 g/mol. The second-order valence-electron chi connectivity index (χ2n) is 8.62. The lowest BCUT2D eigenvalue weighted by molar-refractivity contribution is -0.170. The molecule has 148 valence electrons. The fourth-order valence-corrected chi connectivity index (χ4v) is 4.55. The molecule has 4 bridgehead atoms. The van der Waals surface area contributed by atoms with Crippen molar-refractivity contribution in [2.45, 2.75) is 70.0 Å². The minimum Gasteiger partial charge on any atom is -0.444 e. The molecule has 0 aromatic rings. The first kappa shape index (κ1) is 19.3. The number of ether oxygens (including phenoxy) is 1. The molecule has 0 spiro atoms. The number of carbonyl (C=O) groups is 2. The van der Waals surface area contributed by atoms with Gasteiger partial charge in [0.15, 0.2) is 0 Å². The molecule has 0 aromatic heterocycles. The molecule has 5 fully saturated rings. The molecular formula is C17H25F3N2O4. The molecule has 1 aliphatic carbocycles. The molecule has 4 saturated heterocycles. The standard InChI is InChI=1S/C17H25F3N2O4/c1-16(2,3)26-15(25)21-8-10-4-9-5-11(21)13(14(10)24)22(7-9)12(23)6-17(18,19)20/h9-11,13-14,24H,4-8H2,1-3H3/t9?,10-,11-,13?,14+/m1/s1. The summed E-state index contributed by atoms with van der Waals surface area (Å²) in [5, 5.41) is 10.7. The van der Waals surface area contributed by atoms with Gasteiger partial charge in [-0.1, -0.05) is 0 Å². The van der Waals surface area contributed by atoms with Gasteiger partial charge >= 0.3 is 12.3 Å². The minimum absolute atomic E-state index is 0.0250. The molecule has 5 aliphatic rings. The number of amides is 2. The SMILES string of the molecule is CC(C)(C)OC(=O)N1C[C@H]2CC3C[C@@H]1C([C@H]2O)N(C(=O)CC(F)(F)F)C3. The molecule has 0 aromatic carbocycles. The number of rotatable bonds is 1. The van der Waals surface area contributed by atoms with E-state index in [1.165, 1.54) is 4.90 Å². The number of hydrogen-bond donors (Lipinski definition) is 1. The van der Waals surface area contributed by atoms with Gasteiger partial charge in [-0.05, 0) is 39.5 Å². The predicted molar refractivity (Wildman–Crippen MR) is 85.1 cm³/mol. The van der Waals surface area contributed by atoms with Crippen LogP contribution in [0.5, 0.6) is 0 Å². The van der Waals surface area contributed by atoms with E-state index in [0.717, 1.165) is 4.90 Å². The number of nitrogens with zero attached hydrogens (tertiary/aromatic N) is 2. The summed E-state index contributed by atoms with van der Waals surface area (Å²) >= 11 is 0. The smallest absolute Gasteiger partial charge is 0.410 e. The van der Waals surface area contributed by atoms with Crippen LogP contribution in [0.15, 0.2) is 0 Å². The van der Waals surface area contributed by atoms with Crippen LogP contribution >= 0.6 is 0 Å². The van der Waals surface area contributed by atoms with Crippen LogP contribution in [0.25, 0.3) is 0 Å². The summed E-state index contributed by atoms with van der Waals surface area (Å²) < 4.78 is 43.5. The van der Waals surface area contributed by atoms with Gasteiger partial charge in [0.1, 0.15) is 12.0 Å². The summed E-state index contributed by atoms with van der Waals surface area (Å²) in [6.07, 6.45) is -6.47. The molecule has 26 heavy (non-hydrogen) atoms. The van der Waals surface area contributed by atoms with E-state index in [4.69, 9.17) is 4.74 Å². The van der Waals surface area contributed by atoms with E-state index in [1.54, 1.807) is 20.8 Å². The third-order valence-corrected chi connectivity index (χ3v) is 5.38. The first-order valence-electron chi connectivity index (χ1n) is 8.89. The Morgan fingerprint density at radius 2 is 1.77 bits per heavy atom. The molecule has 1 saturated carbocycles.